The second kappa shape index (κ2) is 5.73. The summed E-state index contributed by atoms with van der Waals surface area (Å²) >= 11 is 1.63. The van der Waals surface area contributed by atoms with Crippen LogP contribution in [0.25, 0.3) is 4.96 Å². The van der Waals surface area contributed by atoms with E-state index >= 15 is 0 Å². The van der Waals surface area contributed by atoms with Gasteiger partial charge in [0, 0.05) is 24.3 Å². The van der Waals surface area contributed by atoms with Gasteiger partial charge >= 0.3 is 0 Å². The molecular weight excluding hydrogens is 268 g/mol. The zero-order valence-electron chi connectivity index (χ0n) is 11.5. The molecule has 104 valence electrons. The maximum Gasteiger partial charge on any atom is 0.212 e. The molecule has 3 aromatic rings. The predicted molar refractivity (Wildman–Crippen MR) is 82.1 cm³/mol. The van der Waals surface area contributed by atoms with E-state index in [4.69, 9.17) is 5.73 Å². The third-order valence-corrected chi connectivity index (χ3v) is 4.07. The number of aryl methyl sites for hydroxylation is 2. The van der Waals surface area contributed by atoms with Crippen LogP contribution in [-0.2, 0) is 19.3 Å². The number of benzene rings is 1. The van der Waals surface area contributed by atoms with Crippen LogP contribution in [0.3, 0.4) is 0 Å². The molecule has 4 nitrogen and oxygen atoms in total. The van der Waals surface area contributed by atoms with Gasteiger partial charge in [-0.2, -0.15) is 5.10 Å². The minimum atomic E-state index is 0.143. The fourth-order valence-electron chi connectivity index (χ4n) is 2.24. The number of thiazole rings is 1. The molecule has 5 heteroatoms. The highest BCUT2D eigenvalue weighted by Gasteiger charge is 2.11. The summed E-state index contributed by atoms with van der Waals surface area (Å²) in [6.07, 6.45) is 2.68. The van der Waals surface area contributed by atoms with Crippen molar-refractivity contribution < 1.29 is 0 Å². The number of hydrogen-bond donors (Lipinski definition) is 1. The van der Waals surface area contributed by atoms with Gasteiger partial charge in [-0.1, -0.05) is 30.3 Å². The molecule has 2 aromatic heterocycles. The summed E-state index contributed by atoms with van der Waals surface area (Å²) < 4.78 is 1.94. The van der Waals surface area contributed by atoms with Crippen molar-refractivity contribution >= 4 is 16.3 Å². The largest absolute Gasteiger partial charge is 0.328 e. The van der Waals surface area contributed by atoms with Crippen molar-refractivity contribution in [3.8, 4) is 0 Å². The molecule has 20 heavy (non-hydrogen) atoms. The zero-order valence-corrected chi connectivity index (χ0v) is 12.3. The summed E-state index contributed by atoms with van der Waals surface area (Å²) in [7, 11) is 0. The molecule has 1 atom stereocenters. The fraction of sp³-hybridized carbons (Fsp3) is 0.333. The molecular formula is C15H18N4S. The molecule has 0 aliphatic heterocycles. The van der Waals surface area contributed by atoms with Crippen molar-refractivity contribution in [2.24, 2.45) is 5.73 Å². The monoisotopic (exact) mass is 286 g/mol. The highest BCUT2D eigenvalue weighted by molar-refractivity contribution is 7.15. The molecule has 0 aliphatic carbocycles. The molecule has 0 saturated carbocycles. The van der Waals surface area contributed by atoms with Crippen LogP contribution in [0.2, 0.25) is 0 Å². The van der Waals surface area contributed by atoms with Gasteiger partial charge in [0.2, 0.25) is 4.96 Å². The van der Waals surface area contributed by atoms with Gasteiger partial charge in [-0.15, -0.1) is 11.3 Å². The number of nitrogens with zero attached hydrogens (tertiary/aromatic N) is 3. The summed E-state index contributed by atoms with van der Waals surface area (Å²) in [6, 6.07) is 10.6. The molecule has 0 fully saturated rings. The second-order valence-electron chi connectivity index (χ2n) is 5.12. The van der Waals surface area contributed by atoms with Crippen LogP contribution < -0.4 is 5.73 Å². The first-order valence-electron chi connectivity index (χ1n) is 6.84. The molecule has 0 aliphatic rings. The summed E-state index contributed by atoms with van der Waals surface area (Å²) in [5.74, 6) is 0.909. The third kappa shape index (κ3) is 2.89. The van der Waals surface area contributed by atoms with Crippen LogP contribution in [0.15, 0.2) is 35.7 Å². The molecule has 0 amide bonds. The maximum atomic E-state index is 5.86. The predicted octanol–water partition coefficient (Wildman–Crippen LogP) is 2.47. The Morgan fingerprint density at radius 3 is 2.80 bits per heavy atom. The van der Waals surface area contributed by atoms with E-state index in [0.29, 0.717) is 0 Å². The topological polar surface area (TPSA) is 56.2 Å². The molecule has 1 unspecified atom stereocenters. The Balaban J connectivity index is 1.74. The van der Waals surface area contributed by atoms with Gasteiger partial charge in [0.1, 0.15) is 0 Å². The standard InChI is InChI=1S/C15H18N4S/c1-11(16)9-13-10-20-15-17-14(18-19(13)15)8-7-12-5-3-2-4-6-12/h2-6,10-11H,7-9,16H2,1H3. The Morgan fingerprint density at radius 2 is 2.05 bits per heavy atom. The lowest BCUT2D eigenvalue weighted by atomic mass is 10.1. The second-order valence-corrected chi connectivity index (χ2v) is 5.95. The average Bonchev–Trinajstić information content (AvgIpc) is 2.99. The van der Waals surface area contributed by atoms with Crippen molar-refractivity contribution in [3.05, 3.63) is 52.8 Å². The SMILES string of the molecule is CC(N)Cc1csc2nc(CCc3ccccc3)nn12. The zero-order chi connectivity index (χ0) is 13.9. The molecule has 0 bridgehead atoms. The van der Waals surface area contributed by atoms with Crippen LogP contribution in [0.1, 0.15) is 24.0 Å². The maximum absolute atomic E-state index is 5.86. The van der Waals surface area contributed by atoms with Crippen LogP contribution >= 0.6 is 11.3 Å². The van der Waals surface area contributed by atoms with Gasteiger partial charge in [-0.3, -0.25) is 0 Å². The first kappa shape index (κ1) is 13.3. The highest BCUT2D eigenvalue weighted by atomic mass is 32.1. The number of hydrogen-bond acceptors (Lipinski definition) is 4. The van der Waals surface area contributed by atoms with E-state index in [9.17, 15) is 0 Å². The van der Waals surface area contributed by atoms with E-state index in [-0.39, 0.29) is 6.04 Å². The molecule has 3 rings (SSSR count). The first-order chi connectivity index (χ1) is 9.72. The number of aromatic nitrogens is 3. The Hall–Kier alpha value is -1.72. The van der Waals surface area contributed by atoms with Gasteiger partial charge in [0.25, 0.3) is 0 Å². The summed E-state index contributed by atoms with van der Waals surface area (Å²) in [5, 5.41) is 6.70. The third-order valence-electron chi connectivity index (χ3n) is 3.20. The van der Waals surface area contributed by atoms with E-state index in [2.05, 4.69) is 39.7 Å². The Labute approximate surface area is 122 Å². The van der Waals surface area contributed by atoms with Gasteiger partial charge in [0.15, 0.2) is 5.82 Å². The molecule has 2 heterocycles. The van der Waals surface area contributed by atoms with Crippen molar-refractivity contribution in [2.75, 3.05) is 0 Å². The normalized spacial score (nSPS) is 12.9. The number of fused-ring (bicyclic) bond motifs is 1. The lowest BCUT2D eigenvalue weighted by molar-refractivity contribution is 0.698. The molecule has 0 spiro atoms. The van der Waals surface area contributed by atoms with Gasteiger partial charge in [0.05, 0.1) is 5.69 Å². The average molecular weight is 286 g/mol. The van der Waals surface area contributed by atoms with Gasteiger partial charge in [-0.05, 0) is 18.9 Å². The molecule has 0 saturated heterocycles. The van der Waals surface area contributed by atoms with E-state index in [1.54, 1.807) is 11.3 Å². The van der Waals surface area contributed by atoms with Gasteiger partial charge < -0.3 is 5.73 Å². The van der Waals surface area contributed by atoms with E-state index in [0.717, 1.165) is 35.7 Å². The summed E-state index contributed by atoms with van der Waals surface area (Å²) in [5.41, 5.74) is 8.33. The van der Waals surface area contributed by atoms with Crippen molar-refractivity contribution in [1.82, 2.24) is 14.6 Å². The summed E-state index contributed by atoms with van der Waals surface area (Å²) in [6.45, 7) is 2.01. The lowest BCUT2D eigenvalue weighted by Crippen LogP contribution is -2.18. The van der Waals surface area contributed by atoms with E-state index in [1.807, 2.05) is 17.5 Å². The highest BCUT2D eigenvalue weighted by Crippen LogP contribution is 2.16. The fourth-order valence-corrected chi connectivity index (χ4v) is 3.10. The van der Waals surface area contributed by atoms with Gasteiger partial charge in [-0.25, -0.2) is 9.50 Å². The van der Waals surface area contributed by atoms with Crippen LogP contribution in [-0.4, -0.2) is 20.6 Å². The van der Waals surface area contributed by atoms with Crippen LogP contribution in [0, 0.1) is 0 Å². The van der Waals surface area contributed by atoms with Crippen molar-refractivity contribution in [1.29, 1.82) is 0 Å². The minimum Gasteiger partial charge on any atom is -0.328 e. The molecule has 2 N–H and O–H groups in total. The molecule has 1 aromatic carbocycles. The van der Waals surface area contributed by atoms with Crippen molar-refractivity contribution in [2.45, 2.75) is 32.2 Å². The Bertz CT molecular complexity index is 684. The number of nitrogens with two attached hydrogens (primary N) is 1. The smallest absolute Gasteiger partial charge is 0.212 e. The van der Waals surface area contributed by atoms with Crippen molar-refractivity contribution in [3.63, 3.8) is 0 Å². The Morgan fingerprint density at radius 1 is 1.25 bits per heavy atom. The van der Waals surface area contributed by atoms with Crippen LogP contribution in [0.4, 0.5) is 0 Å². The minimum absolute atomic E-state index is 0.143. The lowest BCUT2D eigenvalue weighted by Gasteiger charge is -2.01. The van der Waals surface area contributed by atoms with E-state index < -0.39 is 0 Å². The quantitative estimate of drug-likeness (QED) is 0.784. The summed E-state index contributed by atoms with van der Waals surface area (Å²) in [4.78, 5) is 5.55. The first-order valence-corrected chi connectivity index (χ1v) is 7.72. The van der Waals surface area contributed by atoms with Crippen LogP contribution in [0.5, 0.6) is 0 Å². The Kier molecular flexibility index (Phi) is 3.80. The molecule has 0 radical (unpaired) electrons. The van der Waals surface area contributed by atoms with E-state index in [1.165, 1.54) is 5.56 Å². The number of rotatable bonds is 5.